The van der Waals surface area contributed by atoms with Gasteiger partial charge in [0.2, 0.25) is 5.91 Å². The van der Waals surface area contributed by atoms with Crippen LogP contribution in [0.5, 0.6) is 0 Å². The number of hydrogen-bond donors (Lipinski definition) is 1. The lowest BCUT2D eigenvalue weighted by Crippen LogP contribution is -2.30. The first-order chi connectivity index (χ1) is 7.75. The smallest absolute Gasteiger partial charge is 0.223 e. The maximum Gasteiger partial charge on any atom is 0.223 e. The van der Waals surface area contributed by atoms with Gasteiger partial charge in [-0.3, -0.25) is 4.79 Å². The Kier molecular flexibility index (Phi) is 3.96. The molecule has 0 unspecified atom stereocenters. The largest absolute Gasteiger partial charge is 0.341 e. The maximum atomic E-state index is 11.8. The molecule has 0 aromatic carbocycles. The lowest BCUT2D eigenvalue weighted by molar-refractivity contribution is -0.130. The van der Waals surface area contributed by atoms with Crippen molar-refractivity contribution < 1.29 is 4.79 Å². The molecule has 0 spiro atoms. The standard InChI is InChI=1S/C12H18N2OS/c1-14(8-10-5-7-16-9-10)12(15)4-6-13-11-2-3-11/h5,7,9,11,13H,2-4,6,8H2,1H3. The van der Waals surface area contributed by atoms with Gasteiger partial charge in [0.1, 0.15) is 0 Å². The summed E-state index contributed by atoms with van der Waals surface area (Å²) in [6, 6.07) is 2.76. The summed E-state index contributed by atoms with van der Waals surface area (Å²) in [6.45, 7) is 1.54. The zero-order valence-electron chi connectivity index (χ0n) is 9.61. The maximum absolute atomic E-state index is 11.8. The van der Waals surface area contributed by atoms with Crippen molar-refractivity contribution in [2.24, 2.45) is 0 Å². The molecule has 0 saturated heterocycles. The first-order valence-electron chi connectivity index (χ1n) is 5.74. The molecule has 0 bridgehead atoms. The third kappa shape index (κ3) is 3.61. The van der Waals surface area contributed by atoms with Gasteiger partial charge in [-0.15, -0.1) is 0 Å². The second-order valence-electron chi connectivity index (χ2n) is 4.36. The van der Waals surface area contributed by atoms with E-state index in [0.29, 0.717) is 12.5 Å². The van der Waals surface area contributed by atoms with Crippen molar-refractivity contribution in [3.63, 3.8) is 0 Å². The molecule has 1 aliphatic carbocycles. The highest BCUT2D eigenvalue weighted by Crippen LogP contribution is 2.18. The number of amides is 1. The van der Waals surface area contributed by atoms with Crippen LogP contribution in [-0.4, -0.2) is 30.4 Å². The third-order valence-electron chi connectivity index (χ3n) is 2.77. The van der Waals surface area contributed by atoms with E-state index in [2.05, 4.69) is 16.8 Å². The van der Waals surface area contributed by atoms with Crippen molar-refractivity contribution in [2.75, 3.05) is 13.6 Å². The zero-order valence-corrected chi connectivity index (χ0v) is 10.4. The van der Waals surface area contributed by atoms with Crippen LogP contribution < -0.4 is 5.32 Å². The molecule has 1 amide bonds. The summed E-state index contributed by atoms with van der Waals surface area (Å²) in [5.74, 6) is 0.222. The molecule has 2 rings (SSSR count). The highest BCUT2D eigenvalue weighted by atomic mass is 32.1. The molecule has 1 aliphatic rings. The van der Waals surface area contributed by atoms with Crippen molar-refractivity contribution in [3.05, 3.63) is 22.4 Å². The highest BCUT2D eigenvalue weighted by molar-refractivity contribution is 7.07. The molecule has 1 saturated carbocycles. The Labute approximate surface area is 100 Å². The fourth-order valence-corrected chi connectivity index (χ4v) is 2.27. The van der Waals surface area contributed by atoms with Gasteiger partial charge >= 0.3 is 0 Å². The number of rotatable bonds is 6. The van der Waals surface area contributed by atoms with Crippen molar-refractivity contribution in [1.29, 1.82) is 0 Å². The summed E-state index contributed by atoms with van der Waals surface area (Å²) in [5, 5.41) is 7.49. The lowest BCUT2D eigenvalue weighted by atomic mass is 10.3. The van der Waals surface area contributed by atoms with Crippen LogP contribution in [0.4, 0.5) is 0 Å². The van der Waals surface area contributed by atoms with Crippen LogP contribution in [0.25, 0.3) is 0 Å². The minimum absolute atomic E-state index is 0.222. The molecule has 88 valence electrons. The molecular weight excluding hydrogens is 220 g/mol. The van der Waals surface area contributed by atoms with Gasteiger partial charge in [0.25, 0.3) is 0 Å². The summed E-state index contributed by atoms with van der Waals surface area (Å²) < 4.78 is 0. The number of carbonyl (C=O) groups excluding carboxylic acids is 1. The minimum atomic E-state index is 0.222. The molecule has 1 heterocycles. The first kappa shape index (κ1) is 11.6. The van der Waals surface area contributed by atoms with Crippen molar-refractivity contribution >= 4 is 17.2 Å². The van der Waals surface area contributed by atoms with Crippen LogP contribution in [0.15, 0.2) is 16.8 Å². The van der Waals surface area contributed by atoms with Crippen molar-refractivity contribution in [2.45, 2.75) is 31.8 Å². The topological polar surface area (TPSA) is 32.3 Å². The Bertz CT molecular complexity index is 333. The van der Waals surface area contributed by atoms with Crippen molar-refractivity contribution in [1.82, 2.24) is 10.2 Å². The van der Waals surface area contributed by atoms with Gasteiger partial charge in [0.05, 0.1) is 0 Å². The Morgan fingerprint density at radius 1 is 1.62 bits per heavy atom. The quantitative estimate of drug-likeness (QED) is 0.820. The van der Waals surface area contributed by atoms with Gasteiger partial charge in [0, 0.05) is 32.6 Å². The Morgan fingerprint density at radius 2 is 2.44 bits per heavy atom. The highest BCUT2D eigenvalue weighted by Gasteiger charge is 2.20. The van der Waals surface area contributed by atoms with E-state index in [9.17, 15) is 4.79 Å². The summed E-state index contributed by atoms with van der Waals surface area (Å²) in [6.07, 6.45) is 3.16. The number of thiophene rings is 1. The fraction of sp³-hybridized carbons (Fsp3) is 0.583. The third-order valence-corrected chi connectivity index (χ3v) is 3.51. The number of nitrogens with one attached hydrogen (secondary N) is 1. The summed E-state index contributed by atoms with van der Waals surface area (Å²) in [7, 11) is 1.87. The van der Waals surface area contributed by atoms with E-state index in [0.717, 1.165) is 13.1 Å². The van der Waals surface area contributed by atoms with Crippen LogP contribution in [0, 0.1) is 0 Å². The lowest BCUT2D eigenvalue weighted by Gasteiger charge is -2.16. The van der Waals surface area contributed by atoms with E-state index in [1.807, 2.05) is 12.4 Å². The first-order valence-corrected chi connectivity index (χ1v) is 6.68. The molecular formula is C12H18N2OS. The second-order valence-corrected chi connectivity index (χ2v) is 5.14. The number of nitrogens with zero attached hydrogens (tertiary/aromatic N) is 1. The van der Waals surface area contributed by atoms with E-state index in [1.54, 1.807) is 16.2 Å². The van der Waals surface area contributed by atoms with Crippen LogP contribution in [0.1, 0.15) is 24.8 Å². The van der Waals surface area contributed by atoms with Crippen LogP contribution in [0.2, 0.25) is 0 Å². The number of hydrogen-bond acceptors (Lipinski definition) is 3. The van der Waals surface area contributed by atoms with E-state index in [-0.39, 0.29) is 5.91 Å². The molecule has 1 N–H and O–H groups in total. The summed E-state index contributed by atoms with van der Waals surface area (Å²) in [4.78, 5) is 13.6. The second kappa shape index (κ2) is 5.46. The molecule has 3 nitrogen and oxygen atoms in total. The average molecular weight is 238 g/mol. The van der Waals surface area contributed by atoms with Crippen LogP contribution >= 0.6 is 11.3 Å². The summed E-state index contributed by atoms with van der Waals surface area (Å²) >= 11 is 1.67. The summed E-state index contributed by atoms with van der Waals surface area (Å²) in [5.41, 5.74) is 1.22. The monoisotopic (exact) mass is 238 g/mol. The Morgan fingerprint density at radius 3 is 3.06 bits per heavy atom. The van der Waals surface area contributed by atoms with E-state index in [4.69, 9.17) is 0 Å². The molecule has 1 fully saturated rings. The molecule has 4 heteroatoms. The normalized spacial score (nSPS) is 15.1. The van der Waals surface area contributed by atoms with Gasteiger partial charge in [-0.1, -0.05) is 0 Å². The van der Waals surface area contributed by atoms with Crippen LogP contribution in [-0.2, 0) is 11.3 Å². The van der Waals surface area contributed by atoms with E-state index >= 15 is 0 Å². The molecule has 16 heavy (non-hydrogen) atoms. The fourth-order valence-electron chi connectivity index (χ4n) is 1.61. The molecule has 1 aromatic rings. The molecule has 1 aromatic heterocycles. The van der Waals surface area contributed by atoms with Gasteiger partial charge in [-0.05, 0) is 35.2 Å². The van der Waals surface area contributed by atoms with Crippen molar-refractivity contribution in [3.8, 4) is 0 Å². The SMILES string of the molecule is CN(Cc1ccsc1)C(=O)CCNC1CC1. The minimum Gasteiger partial charge on any atom is -0.341 e. The molecule has 0 aliphatic heterocycles. The van der Waals surface area contributed by atoms with E-state index in [1.165, 1.54) is 18.4 Å². The molecule has 0 radical (unpaired) electrons. The van der Waals surface area contributed by atoms with E-state index < -0.39 is 0 Å². The number of carbonyl (C=O) groups is 1. The Balaban J connectivity index is 1.66. The Hall–Kier alpha value is -0.870. The zero-order chi connectivity index (χ0) is 11.4. The van der Waals surface area contributed by atoms with Gasteiger partial charge < -0.3 is 10.2 Å². The average Bonchev–Trinajstić information content (AvgIpc) is 2.95. The van der Waals surface area contributed by atoms with Gasteiger partial charge in [-0.2, -0.15) is 11.3 Å². The predicted octanol–water partition coefficient (Wildman–Crippen LogP) is 1.85. The van der Waals surface area contributed by atoms with Gasteiger partial charge in [-0.25, -0.2) is 0 Å². The van der Waals surface area contributed by atoms with Crippen LogP contribution in [0.3, 0.4) is 0 Å². The molecule has 0 atom stereocenters. The van der Waals surface area contributed by atoms with Gasteiger partial charge in [0.15, 0.2) is 0 Å². The predicted molar refractivity (Wildman–Crippen MR) is 66.4 cm³/mol.